The molecule has 8 heteroatoms. The van der Waals surface area contributed by atoms with Crippen molar-refractivity contribution in [2.75, 3.05) is 0 Å². The maximum atomic E-state index is 12.4. The lowest BCUT2D eigenvalue weighted by atomic mass is 10.2. The number of carbonyl (C=O) groups excluding carboxylic acids is 1. The van der Waals surface area contributed by atoms with Crippen LogP contribution in [0.1, 0.15) is 27.3 Å². The lowest BCUT2D eigenvalue weighted by Crippen LogP contribution is -2.08. The summed E-state index contributed by atoms with van der Waals surface area (Å²) in [5, 5.41) is 15.6. The van der Waals surface area contributed by atoms with Gasteiger partial charge in [0.25, 0.3) is 0 Å². The molecule has 3 aromatic rings. The van der Waals surface area contributed by atoms with Crippen LogP contribution in [-0.4, -0.2) is 20.7 Å². The van der Waals surface area contributed by atoms with E-state index >= 15 is 0 Å². The van der Waals surface area contributed by atoms with Gasteiger partial charge in [-0.1, -0.05) is 41.9 Å². The first kappa shape index (κ1) is 18.6. The highest BCUT2D eigenvalue weighted by Gasteiger charge is 2.23. The van der Waals surface area contributed by atoms with Gasteiger partial charge >= 0.3 is 11.7 Å². The average molecular weight is 386 g/mol. The zero-order valence-corrected chi connectivity index (χ0v) is 15.4. The molecule has 0 saturated carbocycles. The number of hydrogen-bond donors (Lipinski definition) is 0. The number of benzene rings is 2. The summed E-state index contributed by atoms with van der Waals surface area (Å²) in [7, 11) is 0. The summed E-state index contributed by atoms with van der Waals surface area (Å²) in [5.74, 6) is -0.582. The molecule has 0 bridgehead atoms. The van der Waals surface area contributed by atoms with Crippen molar-refractivity contribution in [2.45, 2.75) is 20.5 Å². The second-order valence-electron chi connectivity index (χ2n) is 5.91. The molecule has 0 fully saturated rings. The number of halogens is 1. The molecule has 3 rings (SSSR count). The maximum absolute atomic E-state index is 12.4. The minimum Gasteiger partial charge on any atom is -0.457 e. The highest BCUT2D eigenvalue weighted by atomic mass is 35.5. The molecule has 27 heavy (non-hydrogen) atoms. The monoisotopic (exact) mass is 385 g/mol. The van der Waals surface area contributed by atoms with Crippen molar-refractivity contribution in [1.82, 2.24) is 9.78 Å². The van der Waals surface area contributed by atoms with E-state index < -0.39 is 10.9 Å². The Hall–Kier alpha value is -3.19. The summed E-state index contributed by atoms with van der Waals surface area (Å²) >= 11 is 6.15. The third-order valence-electron chi connectivity index (χ3n) is 4.06. The molecular formula is C19H16ClN3O4. The third kappa shape index (κ3) is 3.83. The number of nitrogens with zero attached hydrogens (tertiary/aromatic N) is 3. The number of esters is 1. The van der Waals surface area contributed by atoms with Crippen LogP contribution < -0.4 is 0 Å². The normalized spacial score (nSPS) is 10.6. The van der Waals surface area contributed by atoms with Gasteiger partial charge in [0.2, 0.25) is 0 Å². The summed E-state index contributed by atoms with van der Waals surface area (Å²) in [4.78, 5) is 23.2. The Kier molecular flexibility index (Phi) is 5.23. The van der Waals surface area contributed by atoms with E-state index in [2.05, 4.69) is 5.10 Å². The van der Waals surface area contributed by atoms with Gasteiger partial charge in [0.15, 0.2) is 0 Å². The largest absolute Gasteiger partial charge is 0.457 e. The van der Waals surface area contributed by atoms with Crippen LogP contribution in [0, 0.1) is 24.0 Å². The molecule has 0 aliphatic heterocycles. The zero-order chi connectivity index (χ0) is 19.6. The highest BCUT2D eigenvalue weighted by Crippen LogP contribution is 2.27. The van der Waals surface area contributed by atoms with Gasteiger partial charge in [0, 0.05) is 0 Å². The number of aryl methyl sites for hydroxylation is 1. The summed E-state index contributed by atoms with van der Waals surface area (Å²) in [6.45, 7) is 3.28. The molecule has 1 aromatic heterocycles. The second kappa shape index (κ2) is 7.59. The standard InChI is InChI=1S/C19H16ClN3O4/c1-12-18(23(25)26)13(2)22(21-12)15-8-9-17(20)16(10-15)19(24)27-11-14-6-4-3-5-7-14/h3-10H,11H2,1-2H3. The van der Waals surface area contributed by atoms with Gasteiger partial charge in [0.05, 0.1) is 21.2 Å². The minimum absolute atomic E-state index is 0.0573. The SMILES string of the molecule is Cc1nn(-c2ccc(Cl)c(C(=O)OCc3ccccc3)c2)c(C)c1[N+](=O)[O-]. The summed E-state index contributed by atoms with van der Waals surface area (Å²) in [6, 6.07) is 14.0. The van der Waals surface area contributed by atoms with Crippen LogP contribution in [-0.2, 0) is 11.3 Å². The van der Waals surface area contributed by atoms with Crippen molar-refractivity contribution >= 4 is 23.3 Å². The fraction of sp³-hybridized carbons (Fsp3) is 0.158. The lowest BCUT2D eigenvalue weighted by molar-refractivity contribution is -0.386. The van der Waals surface area contributed by atoms with Crippen molar-refractivity contribution in [2.24, 2.45) is 0 Å². The Morgan fingerprint density at radius 2 is 1.93 bits per heavy atom. The molecule has 1 heterocycles. The summed E-state index contributed by atoms with van der Waals surface area (Å²) in [5.41, 5.74) is 2.11. The number of rotatable bonds is 5. The molecule has 0 atom stereocenters. The van der Waals surface area contributed by atoms with Gasteiger partial charge < -0.3 is 4.74 Å². The first-order valence-corrected chi connectivity index (χ1v) is 8.48. The van der Waals surface area contributed by atoms with Crippen LogP contribution in [0.15, 0.2) is 48.5 Å². The van der Waals surface area contributed by atoms with Crippen LogP contribution in [0.5, 0.6) is 0 Å². The number of ether oxygens (including phenoxy) is 1. The van der Waals surface area contributed by atoms with Crippen LogP contribution in [0.25, 0.3) is 5.69 Å². The lowest BCUT2D eigenvalue weighted by Gasteiger charge is -2.09. The van der Waals surface area contributed by atoms with Gasteiger partial charge in [-0.25, -0.2) is 9.48 Å². The van der Waals surface area contributed by atoms with E-state index in [1.807, 2.05) is 30.3 Å². The topological polar surface area (TPSA) is 87.3 Å². The van der Waals surface area contributed by atoms with Crippen molar-refractivity contribution in [3.05, 3.63) is 86.2 Å². The minimum atomic E-state index is -0.582. The smallest absolute Gasteiger partial charge is 0.340 e. The molecule has 0 aliphatic rings. The molecule has 0 saturated heterocycles. The number of hydrogen-bond acceptors (Lipinski definition) is 5. The van der Waals surface area contributed by atoms with Crippen molar-refractivity contribution < 1.29 is 14.5 Å². The van der Waals surface area contributed by atoms with E-state index in [0.29, 0.717) is 17.1 Å². The van der Waals surface area contributed by atoms with Gasteiger partial charge in [-0.15, -0.1) is 0 Å². The van der Waals surface area contributed by atoms with Crippen LogP contribution in [0.3, 0.4) is 0 Å². The van der Waals surface area contributed by atoms with Crippen LogP contribution in [0.4, 0.5) is 5.69 Å². The molecule has 0 spiro atoms. The van der Waals surface area contributed by atoms with Gasteiger partial charge in [-0.2, -0.15) is 5.10 Å². The highest BCUT2D eigenvalue weighted by molar-refractivity contribution is 6.33. The second-order valence-corrected chi connectivity index (χ2v) is 6.32. The fourth-order valence-corrected chi connectivity index (χ4v) is 2.95. The first-order valence-electron chi connectivity index (χ1n) is 8.10. The average Bonchev–Trinajstić information content (AvgIpc) is 2.95. The molecule has 7 nitrogen and oxygen atoms in total. The molecule has 0 amide bonds. The number of carbonyl (C=O) groups is 1. The number of nitro groups is 1. The van der Waals surface area contributed by atoms with Gasteiger partial charge in [0.1, 0.15) is 18.0 Å². The Morgan fingerprint density at radius 1 is 1.22 bits per heavy atom. The van der Waals surface area contributed by atoms with Gasteiger partial charge in [-0.3, -0.25) is 10.1 Å². The van der Waals surface area contributed by atoms with E-state index in [1.54, 1.807) is 19.9 Å². The van der Waals surface area contributed by atoms with Crippen LogP contribution >= 0.6 is 11.6 Å². The van der Waals surface area contributed by atoms with E-state index in [9.17, 15) is 14.9 Å². The van der Waals surface area contributed by atoms with Crippen molar-refractivity contribution in [1.29, 1.82) is 0 Å². The van der Waals surface area contributed by atoms with E-state index in [4.69, 9.17) is 16.3 Å². The third-order valence-corrected chi connectivity index (χ3v) is 4.39. The molecule has 2 aromatic carbocycles. The predicted molar refractivity (Wildman–Crippen MR) is 100 cm³/mol. The Balaban J connectivity index is 1.90. The van der Waals surface area contributed by atoms with Gasteiger partial charge in [-0.05, 0) is 37.6 Å². The number of aromatic nitrogens is 2. The first-order chi connectivity index (χ1) is 12.9. The molecule has 0 aliphatic carbocycles. The van der Waals surface area contributed by atoms with Crippen molar-refractivity contribution in [3.8, 4) is 5.69 Å². The van der Waals surface area contributed by atoms with Crippen molar-refractivity contribution in [3.63, 3.8) is 0 Å². The molecule has 0 radical (unpaired) electrons. The predicted octanol–water partition coefficient (Wildman–Crippen LogP) is 4.41. The Morgan fingerprint density at radius 3 is 2.56 bits per heavy atom. The summed E-state index contributed by atoms with van der Waals surface area (Å²) < 4.78 is 6.74. The summed E-state index contributed by atoms with van der Waals surface area (Å²) in [6.07, 6.45) is 0. The zero-order valence-electron chi connectivity index (χ0n) is 14.7. The maximum Gasteiger partial charge on any atom is 0.340 e. The molecule has 138 valence electrons. The molecule has 0 unspecified atom stereocenters. The fourth-order valence-electron chi connectivity index (χ4n) is 2.75. The van der Waals surface area contributed by atoms with E-state index in [1.165, 1.54) is 16.8 Å². The van der Waals surface area contributed by atoms with Crippen LogP contribution in [0.2, 0.25) is 5.02 Å². The van der Waals surface area contributed by atoms with E-state index in [-0.39, 0.29) is 22.9 Å². The molecular weight excluding hydrogens is 370 g/mol. The quantitative estimate of drug-likeness (QED) is 0.369. The Labute approximate surface area is 160 Å². The van der Waals surface area contributed by atoms with E-state index in [0.717, 1.165) is 5.56 Å². The molecule has 0 N–H and O–H groups in total. The Bertz CT molecular complexity index is 1020.